The molecule has 8 nitrogen and oxygen atoms in total. The molecule has 0 radical (unpaired) electrons. The molecule has 0 amide bonds. The van der Waals surface area contributed by atoms with Crippen LogP contribution in [0.15, 0.2) is 71.9 Å². The van der Waals surface area contributed by atoms with Gasteiger partial charge in [-0.25, -0.2) is 9.78 Å². The highest BCUT2D eigenvalue weighted by molar-refractivity contribution is 5.68. The van der Waals surface area contributed by atoms with E-state index < -0.39 is 0 Å². The van der Waals surface area contributed by atoms with Gasteiger partial charge in [0.05, 0.1) is 5.69 Å². The fraction of sp³-hybridized carbons (Fsp3) is 0.185. The number of pyridine rings is 2. The average molecular weight is 464 g/mol. The van der Waals surface area contributed by atoms with Gasteiger partial charge in [0.25, 0.3) is 5.88 Å². The summed E-state index contributed by atoms with van der Waals surface area (Å²) in [4.78, 5) is 25.1. The number of ether oxygens (including phenoxy) is 3. The summed E-state index contributed by atoms with van der Waals surface area (Å²) in [5, 5.41) is 0. The lowest BCUT2D eigenvalue weighted by Gasteiger charge is -2.25. The smallest absolute Gasteiger partial charge is 0.351 e. The molecule has 35 heavy (non-hydrogen) atoms. The highest BCUT2D eigenvalue weighted by Crippen LogP contribution is 2.31. The molecule has 0 bridgehead atoms. The van der Waals surface area contributed by atoms with Crippen molar-refractivity contribution in [2.24, 2.45) is 0 Å². The fourth-order valence-corrected chi connectivity index (χ4v) is 4.16. The van der Waals surface area contributed by atoms with Gasteiger partial charge in [-0.3, -0.25) is 9.55 Å². The van der Waals surface area contributed by atoms with Crippen molar-refractivity contribution in [3.8, 4) is 40.6 Å². The Morgan fingerprint density at radius 1 is 1.09 bits per heavy atom. The molecular weight excluding hydrogens is 444 g/mol. The lowest BCUT2D eigenvalue weighted by Crippen LogP contribution is -2.35. The van der Waals surface area contributed by atoms with E-state index in [9.17, 15) is 4.79 Å². The van der Waals surface area contributed by atoms with Crippen molar-refractivity contribution in [3.05, 3.63) is 94.3 Å². The van der Waals surface area contributed by atoms with Crippen LogP contribution in [0, 0.1) is 11.8 Å². The van der Waals surface area contributed by atoms with Crippen molar-refractivity contribution < 1.29 is 14.2 Å². The van der Waals surface area contributed by atoms with Crippen molar-refractivity contribution in [2.75, 3.05) is 13.2 Å². The van der Waals surface area contributed by atoms with Crippen molar-refractivity contribution in [3.63, 3.8) is 0 Å². The summed E-state index contributed by atoms with van der Waals surface area (Å²) in [6.07, 6.45) is 5.51. The Bertz CT molecular complexity index is 1520. The van der Waals surface area contributed by atoms with Gasteiger partial charge in [0, 0.05) is 47.9 Å². The molecule has 4 aromatic rings. The Hall–Kier alpha value is -4.64. The Balaban J connectivity index is 1.22. The highest BCUT2D eigenvalue weighted by Gasteiger charge is 2.24. The Morgan fingerprint density at radius 3 is 2.91 bits per heavy atom. The fourth-order valence-electron chi connectivity index (χ4n) is 4.16. The van der Waals surface area contributed by atoms with Crippen molar-refractivity contribution in [1.82, 2.24) is 19.5 Å². The van der Waals surface area contributed by atoms with Crippen LogP contribution in [0.4, 0.5) is 0 Å². The Morgan fingerprint density at radius 2 is 2.00 bits per heavy atom. The largest absolute Gasteiger partial charge is 0.478 e. The first kappa shape index (κ1) is 20.9. The SMILES string of the molecule is O=c1nc(OCC2COc3ncccc3O2)cc2n1CCc1cc(C#Cc3cccnc3)ccc1-2. The standard InChI is InChI=1S/C27H20N4O4/c32-27-30-25(33-16-21-17-34-26-24(35-21)4-2-11-29-26)14-23-22-8-7-18(13-20(22)9-12-31(23)27)5-6-19-3-1-10-28-15-19/h1-4,7-8,10-11,13-15,21H,9,12,16-17H2. The van der Waals surface area contributed by atoms with Crippen LogP contribution in [0.25, 0.3) is 11.3 Å². The van der Waals surface area contributed by atoms with E-state index in [-0.39, 0.29) is 24.3 Å². The molecule has 0 saturated heterocycles. The number of nitrogens with zero attached hydrogens (tertiary/aromatic N) is 4. The van der Waals surface area contributed by atoms with Gasteiger partial charge in [0.1, 0.15) is 13.2 Å². The molecule has 6 rings (SSSR count). The molecule has 5 heterocycles. The van der Waals surface area contributed by atoms with Crippen LogP contribution < -0.4 is 19.9 Å². The van der Waals surface area contributed by atoms with Gasteiger partial charge in [-0.2, -0.15) is 4.98 Å². The molecular formula is C27H20N4O4. The molecule has 0 spiro atoms. The summed E-state index contributed by atoms with van der Waals surface area (Å²) in [6.45, 7) is 1.05. The summed E-state index contributed by atoms with van der Waals surface area (Å²) in [6, 6.07) is 15.2. The van der Waals surface area contributed by atoms with Gasteiger partial charge in [-0.1, -0.05) is 17.9 Å². The predicted molar refractivity (Wildman–Crippen MR) is 127 cm³/mol. The number of rotatable bonds is 3. The molecule has 8 heteroatoms. The first-order chi connectivity index (χ1) is 17.2. The number of fused-ring (bicyclic) bond motifs is 4. The quantitative estimate of drug-likeness (QED) is 0.431. The molecule has 0 aliphatic carbocycles. The molecule has 1 aromatic carbocycles. The van der Waals surface area contributed by atoms with E-state index in [1.807, 2.05) is 24.3 Å². The van der Waals surface area contributed by atoms with Crippen LogP contribution in [-0.2, 0) is 13.0 Å². The van der Waals surface area contributed by atoms with Gasteiger partial charge >= 0.3 is 5.69 Å². The van der Waals surface area contributed by atoms with Crippen molar-refractivity contribution >= 4 is 0 Å². The minimum absolute atomic E-state index is 0.194. The minimum atomic E-state index is -0.334. The third kappa shape index (κ3) is 4.32. The summed E-state index contributed by atoms with van der Waals surface area (Å²) in [5.74, 6) is 7.63. The zero-order valence-electron chi connectivity index (χ0n) is 18.7. The number of hydrogen-bond donors (Lipinski definition) is 0. The van der Waals surface area contributed by atoms with Gasteiger partial charge in [-0.05, 0) is 48.4 Å². The van der Waals surface area contributed by atoms with E-state index in [1.54, 1.807) is 41.4 Å². The van der Waals surface area contributed by atoms with Gasteiger partial charge in [0.15, 0.2) is 11.9 Å². The first-order valence-corrected chi connectivity index (χ1v) is 11.3. The maximum atomic E-state index is 12.7. The van der Waals surface area contributed by atoms with Crippen molar-refractivity contribution in [1.29, 1.82) is 0 Å². The first-order valence-electron chi connectivity index (χ1n) is 11.3. The lowest BCUT2D eigenvalue weighted by atomic mass is 9.95. The van der Waals surface area contributed by atoms with E-state index in [0.29, 0.717) is 24.8 Å². The molecule has 2 aliphatic rings. The molecule has 0 N–H and O–H groups in total. The highest BCUT2D eigenvalue weighted by atomic mass is 16.6. The second-order valence-electron chi connectivity index (χ2n) is 8.20. The number of aromatic nitrogens is 4. The lowest BCUT2D eigenvalue weighted by molar-refractivity contribution is 0.0486. The second kappa shape index (κ2) is 8.95. The maximum absolute atomic E-state index is 12.7. The van der Waals surface area contributed by atoms with E-state index in [4.69, 9.17) is 14.2 Å². The zero-order chi connectivity index (χ0) is 23.6. The van der Waals surface area contributed by atoms with Crippen LogP contribution in [0.3, 0.4) is 0 Å². The van der Waals surface area contributed by atoms with Crippen LogP contribution in [0.5, 0.6) is 17.5 Å². The topological polar surface area (TPSA) is 88.4 Å². The molecule has 172 valence electrons. The second-order valence-corrected chi connectivity index (χ2v) is 8.20. The summed E-state index contributed by atoms with van der Waals surface area (Å²) >= 11 is 0. The minimum Gasteiger partial charge on any atom is -0.478 e. The number of aryl methyl sites for hydroxylation is 1. The third-order valence-corrected chi connectivity index (χ3v) is 5.84. The maximum Gasteiger partial charge on any atom is 0.351 e. The van der Waals surface area contributed by atoms with Gasteiger partial charge in [-0.15, -0.1) is 0 Å². The third-order valence-electron chi connectivity index (χ3n) is 5.84. The normalized spacial score (nSPS) is 15.3. The summed E-state index contributed by atoms with van der Waals surface area (Å²) < 4.78 is 19.0. The monoisotopic (exact) mass is 464 g/mol. The van der Waals surface area contributed by atoms with E-state index in [1.165, 1.54) is 0 Å². The summed E-state index contributed by atoms with van der Waals surface area (Å²) in [5.41, 5.74) is 4.33. The van der Waals surface area contributed by atoms with Crippen molar-refractivity contribution in [2.45, 2.75) is 19.1 Å². The van der Waals surface area contributed by atoms with Crippen LogP contribution >= 0.6 is 0 Å². The molecule has 2 aliphatic heterocycles. The van der Waals surface area contributed by atoms with Crippen LogP contribution in [0.1, 0.15) is 16.7 Å². The molecule has 1 unspecified atom stereocenters. The predicted octanol–water partition coefficient (Wildman–Crippen LogP) is 2.88. The van der Waals surface area contributed by atoms with E-state index in [2.05, 4.69) is 32.9 Å². The molecule has 0 saturated carbocycles. The number of benzene rings is 1. The Labute approximate surface area is 201 Å². The summed E-state index contributed by atoms with van der Waals surface area (Å²) in [7, 11) is 0. The molecule has 3 aromatic heterocycles. The van der Waals surface area contributed by atoms with Gasteiger partial charge in [0.2, 0.25) is 5.88 Å². The van der Waals surface area contributed by atoms with Crippen LogP contribution in [0.2, 0.25) is 0 Å². The molecule has 0 fully saturated rings. The zero-order valence-corrected chi connectivity index (χ0v) is 18.7. The van der Waals surface area contributed by atoms with E-state index >= 15 is 0 Å². The van der Waals surface area contributed by atoms with E-state index in [0.717, 1.165) is 34.4 Å². The number of hydrogen-bond acceptors (Lipinski definition) is 7. The average Bonchev–Trinajstić information content (AvgIpc) is 2.91. The van der Waals surface area contributed by atoms with Crippen LogP contribution in [-0.4, -0.2) is 38.8 Å². The Kier molecular flexibility index (Phi) is 5.35. The molecule has 1 atom stereocenters. The van der Waals surface area contributed by atoms with Gasteiger partial charge < -0.3 is 14.2 Å².